The number of hydrogen-bond acceptors (Lipinski definition) is 6. The molecule has 0 bridgehead atoms. The van der Waals surface area contributed by atoms with Crippen LogP contribution in [-0.4, -0.2) is 24.6 Å². The van der Waals surface area contributed by atoms with Gasteiger partial charge in [0.2, 0.25) is 0 Å². The first-order chi connectivity index (χ1) is 15.9. The van der Waals surface area contributed by atoms with Crippen molar-refractivity contribution < 1.29 is 18.6 Å². The second-order valence-corrected chi connectivity index (χ2v) is 8.00. The number of hydrogen-bond donors (Lipinski definition) is 0. The van der Waals surface area contributed by atoms with Crippen LogP contribution in [0.3, 0.4) is 0 Å². The van der Waals surface area contributed by atoms with E-state index in [1.54, 1.807) is 12.3 Å². The maximum Gasteiger partial charge on any atom is 0.393 e. The Bertz CT molecular complexity index is 1070. The first kappa shape index (κ1) is 26.4. The first-order valence-electron chi connectivity index (χ1n) is 10.5. The molecule has 0 saturated carbocycles. The molecule has 0 saturated heterocycles. The molecule has 3 rings (SSSR count). The van der Waals surface area contributed by atoms with Crippen LogP contribution in [0.4, 0.5) is 0 Å². The van der Waals surface area contributed by atoms with Crippen LogP contribution in [-0.2, 0) is 12.0 Å². The van der Waals surface area contributed by atoms with E-state index >= 15 is 0 Å². The van der Waals surface area contributed by atoms with Crippen LogP contribution in [0.25, 0.3) is 0 Å². The van der Waals surface area contributed by atoms with Gasteiger partial charge in [-0.3, -0.25) is 0 Å². The predicted octanol–water partition coefficient (Wildman–Crippen LogP) is 6.76. The molecule has 0 fully saturated rings. The van der Waals surface area contributed by atoms with Gasteiger partial charge in [-0.15, -0.1) is 11.6 Å². The summed E-state index contributed by atoms with van der Waals surface area (Å²) in [5.74, 6) is 1.93. The summed E-state index contributed by atoms with van der Waals surface area (Å²) in [5.41, 5.74) is 1.91. The van der Waals surface area contributed by atoms with Crippen molar-refractivity contribution in [3.63, 3.8) is 0 Å². The Hall–Kier alpha value is -2.88. The molecule has 6 nitrogen and oxygen atoms in total. The minimum absolute atomic E-state index is 0.199. The Balaban J connectivity index is 0.00000187. The Labute approximate surface area is 205 Å². The summed E-state index contributed by atoms with van der Waals surface area (Å²) in [6.07, 6.45) is 1.76. The van der Waals surface area contributed by atoms with Crippen molar-refractivity contribution in [3.05, 3.63) is 70.1 Å². The van der Waals surface area contributed by atoms with Crippen molar-refractivity contribution in [2.24, 2.45) is 0 Å². The zero-order valence-corrected chi connectivity index (χ0v) is 21.0. The van der Waals surface area contributed by atoms with Gasteiger partial charge in [0, 0.05) is 5.41 Å². The molecule has 1 heterocycles. The summed E-state index contributed by atoms with van der Waals surface area (Å²) >= 11 is 12.1. The van der Waals surface area contributed by atoms with Crippen molar-refractivity contribution in [3.8, 4) is 23.6 Å². The average Bonchev–Trinajstić information content (AvgIpc) is 3.31. The van der Waals surface area contributed by atoms with Gasteiger partial charge >= 0.3 is 6.08 Å². The topological polar surface area (TPSA) is 77.5 Å². The zero-order chi connectivity index (χ0) is 24.4. The van der Waals surface area contributed by atoms with Crippen molar-refractivity contribution >= 4 is 23.2 Å². The fraction of sp³-hybridized carbons (Fsp3) is 0.360. The summed E-state index contributed by atoms with van der Waals surface area (Å²) < 4.78 is 21.6. The minimum Gasteiger partial charge on any atom is -0.489 e. The highest BCUT2D eigenvalue weighted by Gasteiger charge is 2.26. The lowest BCUT2D eigenvalue weighted by Crippen LogP contribution is -2.19. The SMILES string of the molecule is CC.COc1ncc(COc2ccc(C(C)(C)c3cc(Cl)c(OCCCl)c(C#N)c3)cc2)o1. The van der Waals surface area contributed by atoms with Gasteiger partial charge in [-0.1, -0.05) is 51.4 Å². The van der Waals surface area contributed by atoms with Gasteiger partial charge in [0.15, 0.2) is 11.5 Å². The normalized spacial score (nSPS) is 10.6. The molecule has 0 amide bonds. The Morgan fingerprint density at radius 3 is 2.36 bits per heavy atom. The van der Waals surface area contributed by atoms with Crippen molar-refractivity contribution in [1.82, 2.24) is 4.98 Å². The summed E-state index contributed by atoms with van der Waals surface area (Å²) in [6, 6.07) is 13.5. The summed E-state index contributed by atoms with van der Waals surface area (Å²) in [6.45, 7) is 8.65. The van der Waals surface area contributed by atoms with Gasteiger partial charge in [0.25, 0.3) is 0 Å². The lowest BCUT2D eigenvalue weighted by molar-refractivity contribution is 0.235. The van der Waals surface area contributed by atoms with E-state index in [-0.39, 0.29) is 19.3 Å². The number of nitrogens with zero attached hydrogens (tertiary/aromatic N) is 2. The number of rotatable bonds is 9. The number of benzene rings is 2. The molecule has 0 aliphatic carbocycles. The highest BCUT2D eigenvalue weighted by atomic mass is 35.5. The Kier molecular flexibility index (Phi) is 9.90. The van der Waals surface area contributed by atoms with E-state index in [2.05, 4.69) is 24.9 Å². The quantitative estimate of drug-likeness (QED) is 0.308. The maximum absolute atomic E-state index is 9.55. The Morgan fingerprint density at radius 2 is 1.79 bits per heavy atom. The van der Waals surface area contributed by atoms with Gasteiger partial charge in [0.05, 0.1) is 29.8 Å². The monoisotopic (exact) mass is 490 g/mol. The number of ether oxygens (including phenoxy) is 3. The van der Waals surface area contributed by atoms with Crippen LogP contribution in [0.2, 0.25) is 5.02 Å². The third kappa shape index (κ3) is 6.56. The molecule has 8 heteroatoms. The van der Waals surface area contributed by atoms with Gasteiger partial charge in [-0.05, 0) is 35.4 Å². The van der Waals surface area contributed by atoms with E-state index < -0.39 is 5.41 Å². The molecule has 0 N–H and O–H groups in total. The molecular formula is C25H28Cl2N2O4. The van der Waals surface area contributed by atoms with E-state index in [1.807, 2.05) is 44.2 Å². The number of aromatic nitrogens is 1. The van der Waals surface area contributed by atoms with E-state index in [0.29, 0.717) is 33.7 Å². The second kappa shape index (κ2) is 12.4. The highest BCUT2D eigenvalue weighted by Crippen LogP contribution is 2.38. The molecule has 0 spiro atoms. The van der Waals surface area contributed by atoms with E-state index in [1.165, 1.54) is 7.11 Å². The number of alkyl halides is 1. The molecule has 0 atom stereocenters. The highest BCUT2D eigenvalue weighted by molar-refractivity contribution is 6.32. The van der Waals surface area contributed by atoms with Crippen LogP contribution in [0.1, 0.15) is 50.1 Å². The predicted molar refractivity (Wildman–Crippen MR) is 130 cm³/mol. The van der Waals surface area contributed by atoms with Gasteiger partial charge < -0.3 is 18.6 Å². The van der Waals surface area contributed by atoms with Crippen LogP contribution in [0.15, 0.2) is 47.0 Å². The van der Waals surface area contributed by atoms with Crippen molar-refractivity contribution in [2.75, 3.05) is 19.6 Å². The third-order valence-corrected chi connectivity index (χ3v) is 5.31. The third-order valence-electron chi connectivity index (χ3n) is 4.87. The summed E-state index contributed by atoms with van der Waals surface area (Å²) in [5, 5.41) is 9.94. The molecule has 176 valence electrons. The molecule has 3 aromatic rings. The van der Waals surface area contributed by atoms with Crippen LogP contribution in [0, 0.1) is 11.3 Å². The van der Waals surface area contributed by atoms with Gasteiger partial charge in [0.1, 0.15) is 25.0 Å². The lowest BCUT2D eigenvalue weighted by Gasteiger charge is -2.27. The van der Waals surface area contributed by atoms with E-state index in [4.69, 9.17) is 41.8 Å². The van der Waals surface area contributed by atoms with Gasteiger partial charge in [-0.25, -0.2) is 0 Å². The van der Waals surface area contributed by atoms with E-state index in [9.17, 15) is 5.26 Å². The molecule has 2 aromatic carbocycles. The fourth-order valence-corrected chi connectivity index (χ4v) is 3.42. The zero-order valence-electron chi connectivity index (χ0n) is 19.4. The second-order valence-electron chi connectivity index (χ2n) is 7.22. The van der Waals surface area contributed by atoms with Crippen molar-refractivity contribution in [1.29, 1.82) is 5.26 Å². The van der Waals surface area contributed by atoms with Crippen LogP contribution < -0.4 is 14.2 Å². The molecular weight excluding hydrogens is 463 g/mol. The molecule has 33 heavy (non-hydrogen) atoms. The largest absolute Gasteiger partial charge is 0.489 e. The summed E-state index contributed by atoms with van der Waals surface area (Å²) in [7, 11) is 1.49. The standard InChI is InChI=1S/C23H22Cl2N2O4.C2H6/c1-23(2,17-10-15(12-26)21(20(25)11-17)29-9-8-24)16-4-6-18(7-5-16)30-14-19-13-27-22(28-3)31-19;1-2/h4-7,10-11,13H,8-9,14H2,1-3H3;1-2H3. The molecule has 0 radical (unpaired) electrons. The first-order valence-corrected chi connectivity index (χ1v) is 11.4. The molecule has 0 aliphatic rings. The smallest absolute Gasteiger partial charge is 0.393 e. The van der Waals surface area contributed by atoms with E-state index in [0.717, 1.165) is 11.1 Å². The number of nitriles is 1. The lowest BCUT2D eigenvalue weighted by atomic mass is 9.77. The van der Waals surface area contributed by atoms with Crippen LogP contribution >= 0.6 is 23.2 Å². The van der Waals surface area contributed by atoms with Crippen LogP contribution in [0.5, 0.6) is 17.6 Å². The molecule has 0 unspecified atom stereocenters. The average molecular weight is 491 g/mol. The number of oxazole rings is 1. The minimum atomic E-state index is -0.406. The number of methoxy groups -OCH3 is 1. The summed E-state index contributed by atoms with van der Waals surface area (Å²) in [4.78, 5) is 3.95. The van der Waals surface area contributed by atoms with Crippen molar-refractivity contribution in [2.45, 2.75) is 39.7 Å². The molecule has 1 aromatic heterocycles. The fourth-order valence-electron chi connectivity index (χ4n) is 3.06. The maximum atomic E-state index is 9.55. The number of halogens is 2. The Morgan fingerprint density at radius 1 is 1.09 bits per heavy atom. The molecule has 0 aliphatic heterocycles. The van der Waals surface area contributed by atoms with Gasteiger partial charge in [-0.2, -0.15) is 10.2 Å².